The third-order valence-electron chi connectivity index (χ3n) is 2.76. The van der Waals surface area contributed by atoms with Crippen molar-refractivity contribution < 1.29 is 20.1 Å². The van der Waals surface area contributed by atoms with Crippen LogP contribution in [0.2, 0.25) is 0 Å². The van der Waals surface area contributed by atoms with E-state index in [0.717, 1.165) is 4.57 Å². The van der Waals surface area contributed by atoms with Crippen molar-refractivity contribution in [1.29, 1.82) is 0 Å². The Labute approximate surface area is 96.7 Å². The minimum Gasteiger partial charge on any atom is -0.399 e. The van der Waals surface area contributed by atoms with Gasteiger partial charge in [0.2, 0.25) is 0 Å². The molecule has 0 unspecified atom stereocenters. The average Bonchev–Trinajstić information content (AvgIpc) is 2.57. The Morgan fingerprint density at radius 3 is 2.65 bits per heavy atom. The molecule has 17 heavy (non-hydrogen) atoms. The summed E-state index contributed by atoms with van der Waals surface area (Å²) in [4.78, 5) is 11.6. The molecule has 1 aliphatic rings. The number of hydrogen-bond donors (Lipinski definition) is 4. The zero-order chi connectivity index (χ0) is 12.6. The van der Waals surface area contributed by atoms with Gasteiger partial charge in [-0.25, -0.2) is 0 Å². The summed E-state index contributed by atoms with van der Waals surface area (Å²) < 4.78 is 6.34. The standard InChI is InChI=1S/C10H14N2O5/c11-5-1-2-12(7(14)3-5)10-9(16)8(15)6(4-13)17-10/h1-3,6,8-10,13,15-16H,4,11H2/t6-,8-,9+,10+/m1/s1. The second-order valence-corrected chi connectivity index (χ2v) is 3.93. The first-order valence-electron chi connectivity index (χ1n) is 5.14. The van der Waals surface area contributed by atoms with Crippen molar-refractivity contribution in [2.24, 2.45) is 0 Å². The quantitative estimate of drug-likeness (QED) is 0.478. The Hall–Kier alpha value is -1.41. The van der Waals surface area contributed by atoms with Gasteiger partial charge in [-0.2, -0.15) is 0 Å². The van der Waals surface area contributed by atoms with Crippen molar-refractivity contribution in [1.82, 2.24) is 4.57 Å². The van der Waals surface area contributed by atoms with Gasteiger partial charge in [0, 0.05) is 18.0 Å². The summed E-state index contributed by atoms with van der Waals surface area (Å²) in [6.07, 6.45) is -3.05. The van der Waals surface area contributed by atoms with Gasteiger partial charge in [-0.15, -0.1) is 0 Å². The first kappa shape index (κ1) is 12.1. The SMILES string of the molecule is Nc1ccn([C@H]2O[C@H](CO)[C@@H](O)[C@@H]2O)c(=O)c1. The Kier molecular flexibility index (Phi) is 3.16. The Bertz CT molecular complexity index is 460. The fourth-order valence-electron chi connectivity index (χ4n) is 1.83. The number of pyridine rings is 1. The summed E-state index contributed by atoms with van der Waals surface area (Å²) in [5.41, 5.74) is 5.29. The lowest BCUT2D eigenvalue weighted by Crippen LogP contribution is -2.35. The number of hydrogen-bond acceptors (Lipinski definition) is 6. The van der Waals surface area contributed by atoms with Gasteiger partial charge >= 0.3 is 0 Å². The normalized spacial score (nSPS) is 32.9. The summed E-state index contributed by atoms with van der Waals surface area (Å²) in [6.45, 7) is -0.432. The second-order valence-electron chi connectivity index (χ2n) is 3.93. The van der Waals surface area contributed by atoms with Crippen molar-refractivity contribution in [2.75, 3.05) is 12.3 Å². The molecule has 0 aliphatic carbocycles. The minimum absolute atomic E-state index is 0.304. The van der Waals surface area contributed by atoms with Gasteiger partial charge in [0.15, 0.2) is 6.23 Å². The highest BCUT2D eigenvalue weighted by Gasteiger charge is 2.43. The second kappa shape index (κ2) is 4.46. The Morgan fingerprint density at radius 1 is 1.41 bits per heavy atom. The first-order valence-corrected chi connectivity index (χ1v) is 5.14. The van der Waals surface area contributed by atoms with Gasteiger partial charge in [-0.1, -0.05) is 0 Å². The van der Waals surface area contributed by atoms with Crippen molar-refractivity contribution in [3.63, 3.8) is 0 Å². The van der Waals surface area contributed by atoms with E-state index < -0.39 is 36.7 Å². The van der Waals surface area contributed by atoms with Gasteiger partial charge in [0.25, 0.3) is 5.56 Å². The van der Waals surface area contributed by atoms with Crippen molar-refractivity contribution >= 4 is 5.69 Å². The topological polar surface area (TPSA) is 118 Å². The summed E-state index contributed by atoms with van der Waals surface area (Å²) in [6, 6.07) is 2.67. The summed E-state index contributed by atoms with van der Waals surface area (Å²) in [5.74, 6) is 0. The van der Waals surface area contributed by atoms with E-state index in [9.17, 15) is 15.0 Å². The Balaban J connectivity index is 2.32. The average molecular weight is 242 g/mol. The number of aliphatic hydroxyl groups is 3. The number of aliphatic hydroxyl groups excluding tert-OH is 3. The van der Waals surface area contributed by atoms with Crippen LogP contribution in [0.15, 0.2) is 23.1 Å². The fraction of sp³-hybridized carbons (Fsp3) is 0.500. The van der Waals surface area contributed by atoms with E-state index in [2.05, 4.69) is 0 Å². The van der Waals surface area contributed by atoms with Crippen LogP contribution in [-0.4, -0.2) is 44.8 Å². The Morgan fingerprint density at radius 2 is 2.12 bits per heavy atom. The molecule has 1 aromatic heterocycles. The van der Waals surface area contributed by atoms with E-state index in [-0.39, 0.29) is 0 Å². The first-order chi connectivity index (χ1) is 8.04. The van der Waals surface area contributed by atoms with E-state index in [1.807, 2.05) is 0 Å². The van der Waals surface area contributed by atoms with Crippen LogP contribution in [-0.2, 0) is 4.74 Å². The molecule has 1 aliphatic heterocycles. The lowest BCUT2D eigenvalue weighted by atomic mass is 10.1. The van der Waals surface area contributed by atoms with Gasteiger partial charge in [-0.3, -0.25) is 9.36 Å². The molecule has 2 heterocycles. The van der Waals surface area contributed by atoms with Crippen molar-refractivity contribution in [2.45, 2.75) is 24.5 Å². The van der Waals surface area contributed by atoms with E-state index in [0.29, 0.717) is 5.69 Å². The van der Waals surface area contributed by atoms with Crippen LogP contribution in [0, 0.1) is 0 Å². The largest absolute Gasteiger partial charge is 0.399 e. The van der Waals surface area contributed by atoms with Crippen LogP contribution in [0.25, 0.3) is 0 Å². The van der Waals surface area contributed by atoms with E-state index >= 15 is 0 Å². The number of ether oxygens (including phenoxy) is 1. The molecule has 0 spiro atoms. The number of rotatable bonds is 2. The van der Waals surface area contributed by atoms with Crippen LogP contribution in [0.5, 0.6) is 0 Å². The van der Waals surface area contributed by atoms with Crippen molar-refractivity contribution in [3.8, 4) is 0 Å². The van der Waals surface area contributed by atoms with Gasteiger partial charge in [-0.05, 0) is 6.07 Å². The number of nitrogens with two attached hydrogens (primary N) is 1. The molecule has 2 rings (SSSR count). The maximum atomic E-state index is 11.6. The summed E-state index contributed by atoms with van der Waals surface area (Å²) >= 11 is 0. The molecule has 0 aromatic carbocycles. The fourth-order valence-corrected chi connectivity index (χ4v) is 1.83. The van der Waals surface area contributed by atoms with Crippen LogP contribution < -0.4 is 11.3 Å². The molecule has 7 nitrogen and oxygen atoms in total. The molecule has 4 atom stereocenters. The lowest BCUT2D eigenvalue weighted by Gasteiger charge is -2.17. The smallest absolute Gasteiger partial charge is 0.254 e. The molecular weight excluding hydrogens is 228 g/mol. The maximum Gasteiger partial charge on any atom is 0.254 e. The molecule has 1 aromatic rings. The van der Waals surface area contributed by atoms with E-state index in [1.165, 1.54) is 18.3 Å². The highest BCUT2D eigenvalue weighted by atomic mass is 16.6. The third-order valence-corrected chi connectivity index (χ3v) is 2.76. The molecular formula is C10H14N2O5. The number of aromatic nitrogens is 1. The number of nitrogen functional groups attached to an aromatic ring is 1. The molecule has 1 saturated heterocycles. The van der Waals surface area contributed by atoms with Gasteiger partial charge in [0.05, 0.1) is 6.61 Å². The van der Waals surface area contributed by atoms with E-state index in [1.54, 1.807) is 0 Å². The monoisotopic (exact) mass is 242 g/mol. The van der Waals surface area contributed by atoms with Crippen LogP contribution in [0.1, 0.15) is 6.23 Å². The molecule has 0 saturated carbocycles. The van der Waals surface area contributed by atoms with Crippen LogP contribution in [0.4, 0.5) is 5.69 Å². The van der Waals surface area contributed by atoms with Crippen LogP contribution >= 0.6 is 0 Å². The highest BCUT2D eigenvalue weighted by Crippen LogP contribution is 2.28. The lowest BCUT2D eigenvalue weighted by molar-refractivity contribution is -0.0543. The highest BCUT2D eigenvalue weighted by molar-refractivity contribution is 5.34. The molecule has 1 fully saturated rings. The molecule has 5 N–H and O–H groups in total. The third kappa shape index (κ3) is 2.05. The molecule has 0 bridgehead atoms. The molecule has 7 heteroatoms. The number of nitrogens with zero attached hydrogens (tertiary/aromatic N) is 1. The van der Waals surface area contributed by atoms with E-state index in [4.69, 9.17) is 15.6 Å². The van der Waals surface area contributed by atoms with Gasteiger partial charge in [0.1, 0.15) is 18.3 Å². The number of anilines is 1. The van der Waals surface area contributed by atoms with Gasteiger partial charge < -0.3 is 25.8 Å². The van der Waals surface area contributed by atoms with Crippen molar-refractivity contribution in [3.05, 3.63) is 28.7 Å². The predicted octanol–water partition coefficient (Wildman–Crippen LogP) is -1.96. The molecule has 94 valence electrons. The zero-order valence-corrected chi connectivity index (χ0v) is 8.93. The maximum absolute atomic E-state index is 11.6. The minimum atomic E-state index is -1.27. The molecule has 0 amide bonds. The summed E-state index contributed by atoms with van der Waals surface area (Å²) in [7, 11) is 0. The van der Waals surface area contributed by atoms with Crippen LogP contribution in [0.3, 0.4) is 0 Å². The predicted molar refractivity (Wildman–Crippen MR) is 58.1 cm³/mol. The summed E-state index contributed by atoms with van der Waals surface area (Å²) in [5, 5.41) is 28.2. The molecule has 0 radical (unpaired) electrons. The zero-order valence-electron chi connectivity index (χ0n) is 8.93.